The second-order valence-corrected chi connectivity index (χ2v) is 7.55. The number of nitrogens with one attached hydrogen (secondary N) is 1. The molecule has 7 heteroatoms. The van der Waals surface area contributed by atoms with Crippen molar-refractivity contribution < 1.29 is 4.74 Å². The van der Waals surface area contributed by atoms with E-state index in [0.717, 1.165) is 51.9 Å². The van der Waals surface area contributed by atoms with E-state index in [1.54, 1.807) is 0 Å². The third kappa shape index (κ3) is 5.06. The van der Waals surface area contributed by atoms with E-state index in [4.69, 9.17) is 4.74 Å². The lowest BCUT2D eigenvalue weighted by Gasteiger charge is -2.35. The second-order valence-electron chi connectivity index (χ2n) is 6.23. The SMILES string of the molecule is CN=C(NCC(c1ccc(C)s1)N1CCOCC1)N1CCCC1.I. The molecule has 0 aromatic carbocycles. The monoisotopic (exact) mass is 464 g/mol. The number of rotatable bonds is 4. The van der Waals surface area contributed by atoms with Crippen LogP contribution in [0.3, 0.4) is 0 Å². The van der Waals surface area contributed by atoms with Crippen molar-refractivity contribution in [1.29, 1.82) is 0 Å². The van der Waals surface area contributed by atoms with E-state index in [-0.39, 0.29) is 24.0 Å². The third-order valence-corrected chi connectivity index (χ3v) is 5.75. The van der Waals surface area contributed by atoms with Crippen molar-refractivity contribution in [2.24, 2.45) is 4.99 Å². The molecule has 0 radical (unpaired) electrons. The van der Waals surface area contributed by atoms with Gasteiger partial charge in [0.1, 0.15) is 0 Å². The highest BCUT2D eigenvalue weighted by atomic mass is 127. The molecule has 1 unspecified atom stereocenters. The smallest absolute Gasteiger partial charge is 0.193 e. The molecule has 3 rings (SSSR count). The first kappa shape index (κ1) is 19.9. The molecule has 136 valence electrons. The van der Waals surface area contributed by atoms with Gasteiger partial charge >= 0.3 is 0 Å². The van der Waals surface area contributed by atoms with E-state index >= 15 is 0 Å². The Balaban J connectivity index is 0.00000208. The molecule has 24 heavy (non-hydrogen) atoms. The quantitative estimate of drug-likeness (QED) is 0.423. The highest BCUT2D eigenvalue weighted by molar-refractivity contribution is 14.0. The largest absolute Gasteiger partial charge is 0.379 e. The van der Waals surface area contributed by atoms with E-state index in [0.29, 0.717) is 6.04 Å². The summed E-state index contributed by atoms with van der Waals surface area (Å²) < 4.78 is 5.53. The van der Waals surface area contributed by atoms with Crippen molar-refractivity contribution in [2.45, 2.75) is 25.8 Å². The van der Waals surface area contributed by atoms with Crippen LogP contribution in [0.4, 0.5) is 0 Å². The number of nitrogens with zero attached hydrogens (tertiary/aromatic N) is 3. The number of aryl methyl sites for hydroxylation is 1. The van der Waals surface area contributed by atoms with Gasteiger partial charge in [-0.05, 0) is 31.9 Å². The Kier molecular flexibility index (Phi) is 8.25. The van der Waals surface area contributed by atoms with Crippen molar-refractivity contribution in [3.8, 4) is 0 Å². The minimum Gasteiger partial charge on any atom is -0.379 e. The molecule has 5 nitrogen and oxygen atoms in total. The maximum absolute atomic E-state index is 5.53. The number of thiophene rings is 1. The van der Waals surface area contributed by atoms with Crippen LogP contribution in [0.1, 0.15) is 28.6 Å². The average molecular weight is 464 g/mol. The summed E-state index contributed by atoms with van der Waals surface area (Å²) in [6, 6.07) is 4.90. The molecule has 0 bridgehead atoms. The molecular weight excluding hydrogens is 435 g/mol. The number of likely N-dealkylation sites (tertiary alicyclic amines) is 1. The Hall–Kier alpha value is -0.380. The van der Waals surface area contributed by atoms with Gasteiger partial charge in [0.2, 0.25) is 0 Å². The lowest BCUT2D eigenvalue weighted by Crippen LogP contribution is -2.46. The zero-order valence-electron chi connectivity index (χ0n) is 14.7. The van der Waals surface area contributed by atoms with Crippen LogP contribution in [0.5, 0.6) is 0 Å². The number of morpholine rings is 1. The summed E-state index contributed by atoms with van der Waals surface area (Å²) in [4.78, 5) is 12.2. The second kappa shape index (κ2) is 9.94. The van der Waals surface area contributed by atoms with Gasteiger partial charge in [0.05, 0.1) is 19.3 Å². The van der Waals surface area contributed by atoms with Crippen LogP contribution in [0.2, 0.25) is 0 Å². The highest BCUT2D eigenvalue weighted by Crippen LogP contribution is 2.28. The van der Waals surface area contributed by atoms with E-state index in [1.807, 2.05) is 18.4 Å². The lowest BCUT2D eigenvalue weighted by molar-refractivity contribution is 0.0176. The normalized spacial score (nSPS) is 20.8. The molecule has 2 aliphatic heterocycles. The van der Waals surface area contributed by atoms with E-state index in [2.05, 4.69) is 39.2 Å². The van der Waals surface area contributed by atoms with Crippen LogP contribution in [-0.2, 0) is 4.74 Å². The van der Waals surface area contributed by atoms with Crippen molar-refractivity contribution >= 4 is 41.3 Å². The predicted molar refractivity (Wildman–Crippen MR) is 112 cm³/mol. The van der Waals surface area contributed by atoms with Crippen molar-refractivity contribution in [1.82, 2.24) is 15.1 Å². The summed E-state index contributed by atoms with van der Waals surface area (Å²) in [5, 5.41) is 3.62. The summed E-state index contributed by atoms with van der Waals surface area (Å²) in [6.07, 6.45) is 2.55. The lowest BCUT2D eigenvalue weighted by atomic mass is 10.2. The van der Waals surface area contributed by atoms with Gasteiger partial charge in [-0.1, -0.05) is 0 Å². The van der Waals surface area contributed by atoms with Gasteiger partial charge in [0.25, 0.3) is 0 Å². The van der Waals surface area contributed by atoms with Crippen molar-refractivity contribution in [2.75, 3.05) is 53.0 Å². The topological polar surface area (TPSA) is 40.1 Å². The third-order valence-electron chi connectivity index (χ3n) is 4.65. The average Bonchev–Trinajstić information content (AvgIpc) is 3.24. The fourth-order valence-electron chi connectivity index (χ4n) is 3.38. The van der Waals surface area contributed by atoms with Crippen LogP contribution in [-0.4, -0.2) is 68.7 Å². The number of ether oxygens (including phenoxy) is 1. The molecule has 0 saturated carbocycles. The Bertz CT molecular complexity index is 524. The molecule has 2 aliphatic rings. The Morgan fingerprint density at radius 3 is 2.54 bits per heavy atom. The molecule has 1 aromatic heterocycles. The highest BCUT2D eigenvalue weighted by Gasteiger charge is 2.25. The molecule has 1 atom stereocenters. The molecule has 2 fully saturated rings. The molecule has 0 spiro atoms. The number of hydrogen-bond donors (Lipinski definition) is 1. The number of hydrogen-bond acceptors (Lipinski definition) is 4. The van der Waals surface area contributed by atoms with E-state index in [9.17, 15) is 0 Å². The summed E-state index contributed by atoms with van der Waals surface area (Å²) in [5.41, 5.74) is 0. The van der Waals surface area contributed by atoms with Gasteiger partial charge in [0.15, 0.2) is 5.96 Å². The molecule has 1 aromatic rings. The summed E-state index contributed by atoms with van der Waals surface area (Å²) >= 11 is 1.91. The summed E-state index contributed by atoms with van der Waals surface area (Å²) in [5.74, 6) is 1.05. The Morgan fingerprint density at radius 2 is 1.96 bits per heavy atom. The summed E-state index contributed by atoms with van der Waals surface area (Å²) in [7, 11) is 1.89. The zero-order chi connectivity index (χ0) is 16.1. The summed E-state index contributed by atoms with van der Waals surface area (Å²) in [6.45, 7) is 9.02. The standard InChI is InChI=1S/C17H28N4OS.HI/c1-14-5-6-16(23-14)15(20-9-11-22-12-10-20)13-19-17(18-2)21-7-3-4-8-21;/h5-6,15H,3-4,7-13H2,1-2H3,(H,18,19);1H. The first-order valence-corrected chi connectivity index (χ1v) is 9.43. The number of guanidine groups is 1. The van der Waals surface area contributed by atoms with Crippen LogP contribution in [0.15, 0.2) is 17.1 Å². The predicted octanol–water partition coefficient (Wildman–Crippen LogP) is 2.72. The van der Waals surface area contributed by atoms with Crippen molar-refractivity contribution in [3.63, 3.8) is 0 Å². The first-order valence-electron chi connectivity index (χ1n) is 8.61. The fourth-order valence-corrected chi connectivity index (χ4v) is 4.39. The Labute approximate surface area is 166 Å². The van der Waals surface area contributed by atoms with Crippen LogP contribution in [0, 0.1) is 6.92 Å². The number of halogens is 1. The molecular formula is C17H29IN4OS. The maximum atomic E-state index is 5.53. The van der Waals surface area contributed by atoms with Gasteiger partial charge in [-0.15, -0.1) is 35.3 Å². The Morgan fingerprint density at radius 1 is 1.25 bits per heavy atom. The first-order chi connectivity index (χ1) is 11.3. The zero-order valence-corrected chi connectivity index (χ0v) is 17.8. The fraction of sp³-hybridized carbons (Fsp3) is 0.706. The van der Waals surface area contributed by atoms with Crippen molar-refractivity contribution in [3.05, 3.63) is 21.9 Å². The van der Waals surface area contributed by atoms with Gasteiger partial charge in [-0.3, -0.25) is 9.89 Å². The maximum Gasteiger partial charge on any atom is 0.193 e. The molecule has 0 amide bonds. The minimum absolute atomic E-state index is 0. The van der Waals surface area contributed by atoms with Crippen LogP contribution in [0.25, 0.3) is 0 Å². The van der Waals surface area contributed by atoms with E-state index in [1.165, 1.54) is 22.6 Å². The number of aliphatic imine (C=N–C) groups is 1. The van der Waals surface area contributed by atoms with Gasteiger partial charge in [0, 0.05) is 49.5 Å². The van der Waals surface area contributed by atoms with Gasteiger partial charge < -0.3 is 15.0 Å². The van der Waals surface area contributed by atoms with Gasteiger partial charge in [-0.25, -0.2) is 0 Å². The van der Waals surface area contributed by atoms with Crippen LogP contribution < -0.4 is 5.32 Å². The molecule has 3 heterocycles. The van der Waals surface area contributed by atoms with Crippen LogP contribution >= 0.6 is 35.3 Å². The van der Waals surface area contributed by atoms with Gasteiger partial charge in [-0.2, -0.15) is 0 Å². The minimum atomic E-state index is 0. The van der Waals surface area contributed by atoms with E-state index < -0.39 is 0 Å². The molecule has 0 aliphatic carbocycles. The molecule has 2 saturated heterocycles. The molecule has 1 N–H and O–H groups in total.